The van der Waals surface area contributed by atoms with E-state index in [1.165, 1.54) is 12.1 Å². The number of alkyl halides is 3. The van der Waals surface area contributed by atoms with Gasteiger partial charge in [-0.15, -0.1) is 0 Å². The number of anilines is 2. The predicted octanol–water partition coefficient (Wildman–Crippen LogP) is 4.19. The number of pyridine rings is 1. The van der Waals surface area contributed by atoms with Crippen LogP contribution in [0.15, 0.2) is 42.6 Å². The molecule has 100 valence electrons. The Kier molecular flexibility index (Phi) is 3.80. The van der Waals surface area contributed by atoms with Crippen molar-refractivity contribution in [2.75, 3.05) is 10.9 Å². The monoisotopic (exact) mass is 287 g/mol. The number of halogens is 4. The Morgan fingerprint density at radius 2 is 1.68 bits per heavy atom. The fourth-order valence-corrected chi connectivity index (χ4v) is 1.52. The first kappa shape index (κ1) is 13.5. The average Bonchev–Trinajstić information content (AvgIpc) is 2.37. The van der Waals surface area contributed by atoms with Gasteiger partial charge in [-0.1, -0.05) is 11.6 Å². The third-order valence-corrected chi connectivity index (χ3v) is 2.60. The van der Waals surface area contributed by atoms with Gasteiger partial charge in [0.05, 0.1) is 16.3 Å². The summed E-state index contributed by atoms with van der Waals surface area (Å²) in [6, 6.07) is 7.92. The standard InChI is InChI=1S/C12H9ClF3N3/c13-10-2-1-7-17-11(10)19-18-9-5-3-8(4-6-9)12(14,15)16/h1-7,18H,(H,17,19). The molecule has 0 bridgehead atoms. The highest BCUT2D eigenvalue weighted by atomic mass is 35.5. The molecule has 0 radical (unpaired) electrons. The minimum absolute atomic E-state index is 0.393. The summed E-state index contributed by atoms with van der Waals surface area (Å²) in [4.78, 5) is 3.96. The fourth-order valence-electron chi connectivity index (χ4n) is 1.35. The summed E-state index contributed by atoms with van der Waals surface area (Å²) < 4.78 is 37.1. The molecular weight excluding hydrogens is 279 g/mol. The summed E-state index contributed by atoms with van der Waals surface area (Å²) >= 11 is 5.86. The minimum Gasteiger partial charge on any atom is -0.300 e. The third kappa shape index (κ3) is 3.51. The molecule has 0 atom stereocenters. The summed E-state index contributed by atoms with van der Waals surface area (Å²) in [6.07, 6.45) is -2.79. The highest BCUT2D eigenvalue weighted by Crippen LogP contribution is 2.29. The topological polar surface area (TPSA) is 37.0 Å². The van der Waals surface area contributed by atoms with Gasteiger partial charge in [0.15, 0.2) is 5.82 Å². The van der Waals surface area contributed by atoms with Gasteiger partial charge in [-0.2, -0.15) is 13.2 Å². The Balaban J connectivity index is 2.03. The van der Waals surface area contributed by atoms with Crippen LogP contribution >= 0.6 is 11.6 Å². The van der Waals surface area contributed by atoms with E-state index in [4.69, 9.17) is 11.6 Å². The third-order valence-electron chi connectivity index (χ3n) is 2.30. The van der Waals surface area contributed by atoms with E-state index in [0.717, 1.165) is 12.1 Å². The summed E-state index contributed by atoms with van der Waals surface area (Å²) in [5.74, 6) is 0.393. The lowest BCUT2D eigenvalue weighted by atomic mass is 10.2. The first-order valence-electron chi connectivity index (χ1n) is 5.26. The number of nitrogens with zero attached hydrogens (tertiary/aromatic N) is 1. The van der Waals surface area contributed by atoms with Gasteiger partial charge in [0, 0.05) is 6.20 Å². The van der Waals surface area contributed by atoms with Gasteiger partial charge >= 0.3 is 6.18 Å². The second-order valence-electron chi connectivity index (χ2n) is 3.66. The van der Waals surface area contributed by atoms with Gasteiger partial charge < -0.3 is 0 Å². The van der Waals surface area contributed by atoms with Gasteiger partial charge in [-0.25, -0.2) is 4.98 Å². The molecule has 0 aliphatic carbocycles. The van der Waals surface area contributed by atoms with Crippen molar-refractivity contribution in [2.24, 2.45) is 0 Å². The quantitative estimate of drug-likeness (QED) is 0.831. The lowest BCUT2D eigenvalue weighted by molar-refractivity contribution is -0.137. The van der Waals surface area contributed by atoms with Crippen LogP contribution < -0.4 is 10.9 Å². The molecule has 2 rings (SSSR count). The van der Waals surface area contributed by atoms with Crippen LogP contribution in [0.1, 0.15) is 5.56 Å². The molecule has 0 aliphatic rings. The van der Waals surface area contributed by atoms with Crippen molar-refractivity contribution >= 4 is 23.1 Å². The Bertz CT molecular complexity index is 555. The SMILES string of the molecule is FC(F)(F)c1ccc(NNc2ncccc2Cl)cc1. The molecule has 0 unspecified atom stereocenters. The Morgan fingerprint density at radius 3 is 2.26 bits per heavy atom. The molecule has 0 saturated heterocycles. The van der Waals surface area contributed by atoms with Crippen molar-refractivity contribution in [3.05, 3.63) is 53.2 Å². The first-order valence-corrected chi connectivity index (χ1v) is 5.64. The molecule has 1 heterocycles. The Labute approximate surface area is 112 Å². The summed E-state index contributed by atoms with van der Waals surface area (Å²) in [7, 11) is 0. The van der Waals surface area contributed by atoms with Gasteiger partial charge in [-0.3, -0.25) is 10.9 Å². The van der Waals surface area contributed by atoms with Crippen LogP contribution in [0.3, 0.4) is 0 Å². The van der Waals surface area contributed by atoms with E-state index < -0.39 is 11.7 Å². The number of benzene rings is 1. The maximum atomic E-state index is 12.4. The summed E-state index contributed by atoms with van der Waals surface area (Å²) in [6.45, 7) is 0. The zero-order chi connectivity index (χ0) is 13.9. The lowest BCUT2D eigenvalue weighted by Crippen LogP contribution is -2.11. The largest absolute Gasteiger partial charge is 0.416 e. The van der Waals surface area contributed by atoms with Gasteiger partial charge in [0.1, 0.15) is 0 Å². The van der Waals surface area contributed by atoms with Crippen LogP contribution in [-0.4, -0.2) is 4.98 Å². The number of rotatable bonds is 3. The molecule has 1 aromatic carbocycles. The molecule has 7 heteroatoms. The number of aromatic nitrogens is 1. The zero-order valence-electron chi connectivity index (χ0n) is 9.50. The molecule has 19 heavy (non-hydrogen) atoms. The molecular formula is C12H9ClF3N3. The van der Waals surface area contributed by atoms with Crippen LogP contribution in [-0.2, 0) is 6.18 Å². The highest BCUT2D eigenvalue weighted by molar-refractivity contribution is 6.32. The van der Waals surface area contributed by atoms with Crippen molar-refractivity contribution in [3.8, 4) is 0 Å². The molecule has 0 saturated carbocycles. The molecule has 1 aromatic heterocycles. The minimum atomic E-state index is -4.34. The van der Waals surface area contributed by atoms with E-state index in [1.54, 1.807) is 18.3 Å². The van der Waals surface area contributed by atoms with Gasteiger partial charge in [0.25, 0.3) is 0 Å². The van der Waals surface area contributed by atoms with E-state index in [2.05, 4.69) is 15.8 Å². The van der Waals surface area contributed by atoms with Crippen molar-refractivity contribution in [3.63, 3.8) is 0 Å². The van der Waals surface area contributed by atoms with Gasteiger partial charge in [-0.05, 0) is 36.4 Å². The number of hydrazine groups is 1. The summed E-state index contributed by atoms with van der Waals surface area (Å²) in [5, 5.41) is 0.405. The Hall–Kier alpha value is -1.95. The van der Waals surface area contributed by atoms with Gasteiger partial charge in [0.2, 0.25) is 0 Å². The molecule has 0 aliphatic heterocycles. The highest BCUT2D eigenvalue weighted by Gasteiger charge is 2.29. The molecule has 0 amide bonds. The van der Waals surface area contributed by atoms with E-state index in [0.29, 0.717) is 16.5 Å². The summed E-state index contributed by atoms with van der Waals surface area (Å²) in [5.41, 5.74) is 5.20. The van der Waals surface area contributed by atoms with Crippen molar-refractivity contribution < 1.29 is 13.2 Å². The van der Waals surface area contributed by atoms with E-state index in [1.807, 2.05) is 0 Å². The fraction of sp³-hybridized carbons (Fsp3) is 0.0833. The molecule has 2 aromatic rings. The molecule has 0 fully saturated rings. The second kappa shape index (κ2) is 5.36. The number of hydrogen-bond donors (Lipinski definition) is 2. The van der Waals surface area contributed by atoms with Crippen molar-refractivity contribution in [2.45, 2.75) is 6.18 Å². The Morgan fingerprint density at radius 1 is 1.00 bits per heavy atom. The second-order valence-corrected chi connectivity index (χ2v) is 4.07. The lowest BCUT2D eigenvalue weighted by Gasteiger charge is -2.11. The van der Waals surface area contributed by atoms with Crippen LogP contribution in [0.2, 0.25) is 5.02 Å². The van der Waals surface area contributed by atoms with Crippen LogP contribution in [0, 0.1) is 0 Å². The average molecular weight is 288 g/mol. The number of nitrogens with one attached hydrogen (secondary N) is 2. The van der Waals surface area contributed by atoms with Crippen LogP contribution in [0.25, 0.3) is 0 Å². The maximum Gasteiger partial charge on any atom is 0.416 e. The predicted molar refractivity (Wildman–Crippen MR) is 67.9 cm³/mol. The van der Waals surface area contributed by atoms with Crippen LogP contribution in [0.4, 0.5) is 24.7 Å². The number of hydrogen-bond acceptors (Lipinski definition) is 3. The molecule has 2 N–H and O–H groups in total. The van der Waals surface area contributed by atoms with Crippen LogP contribution in [0.5, 0.6) is 0 Å². The first-order chi connectivity index (χ1) is 8.97. The maximum absolute atomic E-state index is 12.4. The molecule has 0 spiro atoms. The van der Waals surface area contributed by atoms with E-state index in [9.17, 15) is 13.2 Å². The van der Waals surface area contributed by atoms with Crippen molar-refractivity contribution in [1.29, 1.82) is 0 Å². The zero-order valence-corrected chi connectivity index (χ0v) is 10.3. The van der Waals surface area contributed by atoms with E-state index >= 15 is 0 Å². The molecule has 3 nitrogen and oxygen atoms in total. The van der Waals surface area contributed by atoms with Crippen molar-refractivity contribution in [1.82, 2.24) is 4.98 Å². The van der Waals surface area contributed by atoms with E-state index in [-0.39, 0.29) is 0 Å². The smallest absolute Gasteiger partial charge is 0.300 e. The normalized spacial score (nSPS) is 11.2.